The van der Waals surface area contributed by atoms with Gasteiger partial charge in [-0.15, -0.1) is 0 Å². The quantitative estimate of drug-likeness (QED) is 0.644. The van der Waals surface area contributed by atoms with Crippen molar-refractivity contribution in [2.45, 2.75) is 19.8 Å². The van der Waals surface area contributed by atoms with Crippen molar-refractivity contribution < 1.29 is 0 Å². The molecule has 0 radical (unpaired) electrons. The number of benzene rings is 2. The molecule has 19 heavy (non-hydrogen) atoms. The van der Waals surface area contributed by atoms with Gasteiger partial charge in [0.2, 0.25) is 0 Å². The third-order valence-corrected chi connectivity index (χ3v) is 3.36. The van der Waals surface area contributed by atoms with Crippen LogP contribution >= 0.6 is 0 Å². The van der Waals surface area contributed by atoms with Gasteiger partial charge in [0, 0.05) is 10.9 Å². The molecule has 2 aromatic carbocycles. The van der Waals surface area contributed by atoms with Crippen LogP contribution in [-0.4, -0.2) is 4.98 Å². The average Bonchev–Trinajstić information content (AvgIpc) is 2.48. The van der Waals surface area contributed by atoms with Gasteiger partial charge in [0.25, 0.3) is 0 Å². The third-order valence-electron chi connectivity index (χ3n) is 3.36. The zero-order valence-corrected chi connectivity index (χ0v) is 11.1. The van der Waals surface area contributed by atoms with Crippen LogP contribution in [0.4, 0.5) is 0 Å². The minimum atomic E-state index is 1.04. The van der Waals surface area contributed by atoms with Crippen molar-refractivity contribution >= 4 is 10.9 Å². The maximum atomic E-state index is 4.79. The predicted octanol–water partition coefficient (Wildman–Crippen LogP) is 4.85. The maximum absolute atomic E-state index is 4.79. The van der Waals surface area contributed by atoms with Crippen molar-refractivity contribution in [3.63, 3.8) is 0 Å². The SMILES string of the molecule is CCCc1ccc2ccc(-c3ccccc3)nc2c1. The van der Waals surface area contributed by atoms with Gasteiger partial charge in [-0.1, -0.05) is 61.9 Å². The van der Waals surface area contributed by atoms with Crippen LogP contribution in [0, 0.1) is 0 Å². The summed E-state index contributed by atoms with van der Waals surface area (Å²) in [5, 5.41) is 1.21. The molecule has 0 N–H and O–H groups in total. The predicted molar refractivity (Wildman–Crippen MR) is 81.2 cm³/mol. The highest BCUT2D eigenvalue weighted by Crippen LogP contribution is 2.21. The summed E-state index contributed by atoms with van der Waals surface area (Å²) in [5.74, 6) is 0. The lowest BCUT2D eigenvalue weighted by Gasteiger charge is -2.05. The smallest absolute Gasteiger partial charge is 0.0712 e. The number of rotatable bonds is 3. The summed E-state index contributed by atoms with van der Waals surface area (Å²) in [6, 6.07) is 21.2. The summed E-state index contributed by atoms with van der Waals surface area (Å²) in [5.41, 5.74) is 4.67. The van der Waals surface area contributed by atoms with Gasteiger partial charge < -0.3 is 0 Å². The second-order valence-electron chi connectivity index (χ2n) is 4.84. The lowest BCUT2D eigenvalue weighted by atomic mass is 10.1. The molecule has 3 rings (SSSR count). The van der Waals surface area contributed by atoms with Gasteiger partial charge in [0.1, 0.15) is 0 Å². The summed E-state index contributed by atoms with van der Waals surface area (Å²) >= 11 is 0. The maximum Gasteiger partial charge on any atom is 0.0712 e. The van der Waals surface area contributed by atoms with Gasteiger partial charge >= 0.3 is 0 Å². The molecule has 1 heteroatoms. The Morgan fingerprint density at radius 2 is 1.68 bits per heavy atom. The zero-order valence-electron chi connectivity index (χ0n) is 11.1. The number of fused-ring (bicyclic) bond motifs is 1. The molecule has 0 aliphatic rings. The third kappa shape index (κ3) is 2.50. The van der Waals surface area contributed by atoms with E-state index in [1.54, 1.807) is 0 Å². The Labute approximate surface area is 113 Å². The number of nitrogens with zero attached hydrogens (tertiary/aromatic N) is 1. The zero-order chi connectivity index (χ0) is 13.1. The minimum Gasteiger partial charge on any atom is -0.248 e. The first-order valence-corrected chi connectivity index (χ1v) is 6.82. The second kappa shape index (κ2) is 5.23. The van der Waals surface area contributed by atoms with Crippen LogP contribution in [0.1, 0.15) is 18.9 Å². The minimum absolute atomic E-state index is 1.04. The largest absolute Gasteiger partial charge is 0.248 e. The standard InChI is InChI=1S/C18H17N/c1-2-6-14-9-10-16-11-12-17(19-18(16)13-14)15-7-4-3-5-8-15/h3-5,7-13H,2,6H2,1H3. The molecule has 0 aliphatic heterocycles. The van der Waals surface area contributed by atoms with E-state index in [-0.39, 0.29) is 0 Å². The van der Waals surface area contributed by atoms with Gasteiger partial charge in [-0.2, -0.15) is 0 Å². The van der Waals surface area contributed by atoms with E-state index < -0.39 is 0 Å². The Hall–Kier alpha value is -2.15. The van der Waals surface area contributed by atoms with E-state index >= 15 is 0 Å². The van der Waals surface area contributed by atoms with Crippen molar-refractivity contribution in [2.24, 2.45) is 0 Å². The lowest BCUT2D eigenvalue weighted by molar-refractivity contribution is 0.923. The Bertz CT molecular complexity index is 686. The molecule has 1 aromatic heterocycles. The van der Waals surface area contributed by atoms with Crippen LogP contribution in [0.5, 0.6) is 0 Å². The van der Waals surface area contributed by atoms with Crippen LogP contribution in [0.2, 0.25) is 0 Å². The molecule has 94 valence electrons. The number of pyridine rings is 1. The van der Waals surface area contributed by atoms with E-state index in [9.17, 15) is 0 Å². The molecule has 0 unspecified atom stereocenters. The molecule has 1 heterocycles. The molecule has 0 atom stereocenters. The van der Waals surface area contributed by atoms with Gasteiger partial charge in [-0.05, 0) is 24.1 Å². The summed E-state index contributed by atoms with van der Waals surface area (Å²) in [6.07, 6.45) is 2.29. The Balaban J connectivity index is 2.08. The summed E-state index contributed by atoms with van der Waals surface area (Å²) in [7, 11) is 0. The first-order valence-electron chi connectivity index (χ1n) is 6.82. The van der Waals surface area contributed by atoms with Crippen LogP contribution in [0.25, 0.3) is 22.2 Å². The molecule has 0 bridgehead atoms. The normalized spacial score (nSPS) is 10.8. The van der Waals surface area contributed by atoms with E-state index in [4.69, 9.17) is 4.98 Å². The van der Waals surface area contributed by atoms with E-state index in [0.717, 1.165) is 17.6 Å². The number of aromatic nitrogens is 1. The Morgan fingerprint density at radius 3 is 2.47 bits per heavy atom. The second-order valence-corrected chi connectivity index (χ2v) is 4.84. The summed E-state index contributed by atoms with van der Waals surface area (Å²) < 4.78 is 0. The van der Waals surface area contributed by atoms with Crippen LogP contribution < -0.4 is 0 Å². The van der Waals surface area contributed by atoms with E-state index in [2.05, 4.69) is 61.5 Å². The molecule has 0 saturated heterocycles. The number of hydrogen-bond acceptors (Lipinski definition) is 1. The first-order chi connectivity index (χ1) is 9.36. The highest BCUT2D eigenvalue weighted by molar-refractivity contribution is 5.82. The highest BCUT2D eigenvalue weighted by atomic mass is 14.7. The Kier molecular flexibility index (Phi) is 3.28. The number of hydrogen-bond donors (Lipinski definition) is 0. The molecule has 0 aliphatic carbocycles. The van der Waals surface area contributed by atoms with Crippen molar-refractivity contribution in [3.05, 3.63) is 66.2 Å². The Morgan fingerprint density at radius 1 is 0.895 bits per heavy atom. The van der Waals surface area contributed by atoms with Gasteiger partial charge in [0.05, 0.1) is 11.2 Å². The van der Waals surface area contributed by atoms with E-state index in [1.165, 1.54) is 22.9 Å². The van der Waals surface area contributed by atoms with Crippen molar-refractivity contribution in [2.75, 3.05) is 0 Å². The fraction of sp³-hybridized carbons (Fsp3) is 0.167. The van der Waals surface area contributed by atoms with Crippen molar-refractivity contribution in [3.8, 4) is 11.3 Å². The first kappa shape index (κ1) is 11.9. The lowest BCUT2D eigenvalue weighted by Crippen LogP contribution is -1.88. The molecule has 0 saturated carbocycles. The molecule has 0 amide bonds. The molecule has 0 spiro atoms. The summed E-state index contributed by atoms with van der Waals surface area (Å²) in [4.78, 5) is 4.79. The molecule has 0 fully saturated rings. The highest BCUT2D eigenvalue weighted by Gasteiger charge is 2.02. The van der Waals surface area contributed by atoms with Crippen LogP contribution in [0.15, 0.2) is 60.7 Å². The fourth-order valence-corrected chi connectivity index (χ4v) is 2.38. The van der Waals surface area contributed by atoms with Crippen LogP contribution in [0.3, 0.4) is 0 Å². The fourth-order valence-electron chi connectivity index (χ4n) is 2.38. The van der Waals surface area contributed by atoms with Gasteiger partial charge in [-0.25, -0.2) is 4.98 Å². The van der Waals surface area contributed by atoms with Crippen molar-refractivity contribution in [1.29, 1.82) is 0 Å². The average molecular weight is 247 g/mol. The summed E-state index contributed by atoms with van der Waals surface area (Å²) in [6.45, 7) is 2.21. The molecular weight excluding hydrogens is 230 g/mol. The van der Waals surface area contributed by atoms with Crippen LogP contribution in [-0.2, 0) is 6.42 Å². The van der Waals surface area contributed by atoms with E-state index in [0.29, 0.717) is 0 Å². The molecule has 1 nitrogen and oxygen atoms in total. The van der Waals surface area contributed by atoms with E-state index in [1.807, 2.05) is 6.07 Å². The molecular formula is C18H17N. The monoisotopic (exact) mass is 247 g/mol. The van der Waals surface area contributed by atoms with Crippen molar-refractivity contribution in [1.82, 2.24) is 4.98 Å². The molecule has 3 aromatic rings. The number of aryl methyl sites for hydroxylation is 1. The topological polar surface area (TPSA) is 12.9 Å². The van der Waals surface area contributed by atoms with Gasteiger partial charge in [0.15, 0.2) is 0 Å². The van der Waals surface area contributed by atoms with Gasteiger partial charge in [-0.3, -0.25) is 0 Å².